The van der Waals surface area contributed by atoms with Crippen LogP contribution in [0.4, 0.5) is 5.69 Å². The molecule has 0 spiro atoms. The maximum absolute atomic E-state index is 8.88. The minimum absolute atomic E-state index is 0.247. The molecule has 0 amide bonds. The van der Waals surface area contributed by atoms with Crippen molar-refractivity contribution < 1.29 is 4.42 Å². The first-order chi connectivity index (χ1) is 9.19. The van der Waals surface area contributed by atoms with Gasteiger partial charge in [-0.25, -0.2) is 0 Å². The van der Waals surface area contributed by atoms with Gasteiger partial charge in [0.25, 0.3) is 0 Å². The quantitative estimate of drug-likeness (QED) is 0.887. The van der Waals surface area contributed by atoms with Crippen molar-refractivity contribution in [1.29, 1.82) is 5.26 Å². The minimum Gasteiger partial charge on any atom is -0.469 e. The van der Waals surface area contributed by atoms with Gasteiger partial charge >= 0.3 is 0 Å². The Balaban J connectivity index is 1.95. The van der Waals surface area contributed by atoms with Crippen molar-refractivity contribution in [2.45, 2.75) is 25.8 Å². The molecular formula is C15H15ClN2O. The van der Waals surface area contributed by atoms with E-state index in [-0.39, 0.29) is 6.04 Å². The zero-order chi connectivity index (χ0) is 13.7. The monoisotopic (exact) mass is 274 g/mol. The third kappa shape index (κ3) is 3.77. The average Bonchev–Trinajstić information content (AvgIpc) is 2.92. The highest BCUT2D eigenvalue weighted by molar-refractivity contribution is 6.33. The van der Waals surface area contributed by atoms with E-state index < -0.39 is 0 Å². The van der Waals surface area contributed by atoms with E-state index in [1.165, 1.54) is 0 Å². The van der Waals surface area contributed by atoms with E-state index in [1.54, 1.807) is 24.5 Å². The summed E-state index contributed by atoms with van der Waals surface area (Å²) in [4.78, 5) is 0. The molecule has 2 aromatic rings. The van der Waals surface area contributed by atoms with E-state index in [1.807, 2.05) is 12.1 Å². The lowest BCUT2D eigenvalue weighted by Crippen LogP contribution is -2.16. The molecule has 1 aromatic heterocycles. The van der Waals surface area contributed by atoms with Crippen molar-refractivity contribution >= 4 is 17.3 Å². The maximum atomic E-state index is 8.88. The highest BCUT2D eigenvalue weighted by Gasteiger charge is 2.07. The normalized spacial score (nSPS) is 11.8. The Morgan fingerprint density at radius 2 is 2.26 bits per heavy atom. The van der Waals surface area contributed by atoms with E-state index in [9.17, 15) is 0 Å². The number of nitrogens with zero attached hydrogens (tertiary/aromatic N) is 1. The topological polar surface area (TPSA) is 49.0 Å². The zero-order valence-electron chi connectivity index (χ0n) is 10.7. The highest BCUT2D eigenvalue weighted by Crippen LogP contribution is 2.24. The van der Waals surface area contributed by atoms with E-state index in [0.717, 1.165) is 24.3 Å². The predicted molar refractivity (Wildman–Crippen MR) is 76.3 cm³/mol. The number of aryl methyl sites for hydroxylation is 1. The maximum Gasteiger partial charge on any atom is 0.103 e. The second kappa shape index (κ2) is 6.31. The SMILES string of the molecule is CC(CCc1ccco1)Nc1cc(C#N)ccc1Cl. The van der Waals surface area contributed by atoms with Gasteiger partial charge in [0.2, 0.25) is 0 Å². The number of furan rings is 1. The minimum atomic E-state index is 0.247. The fourth-order valence-corrected chi connectivity index (χ4v) is 2.03. The molecule has 1 heterocycles. The van der Waals surface area contributed by atoms with Crippen LogP contribution in [0.25, 0.3) is 0 Å². The first kappa shape index (κ1) is 13.5. The lowest BCUT2D eigenvalue weighted by molar-refractivity contribution is 0.495. The first-order valence-corrected chi connectivity index (χ1v) is 6.55. The molecule has 0 aliphatic rings. The molecule has 2 rings (SSSR count). The molecule has 98 valence electrons. The van der Waals surface area contributed by atoms with Crippen LogP contribution in [0.3, 0.4) is 0 Å². The molecule has 0 saturated heterocycles. The Morgan fingerprint density at radius 3 is 2.95 bits per heavy atom. The molecule has 4 heteroatoms. The van der Waals surface area contributed by atoms with Crippen LogP contribution in [0.1, 0.15) is 24.7 Å². The van der Waals surface area contributed by atoms with Gasteiger partial charge in [0, 0.05) is 12.5 Å². The van der Waals surface area contributed by atoms with Gasteiger partial charge in [0.05, 0.1) is 28.6 Å². The van der Waals surface area contributed by atoms with Crippen LogP contribution < -0.4 is 5.32 Å². The summed E-state index contributed by atoms with van der Waals surface area (Å²) in [6.45, 7) is 2.08. The van der Waals surface area contributed by atoms with E-state index in [2.05, 4.69) is 18.3 Å². The summed E-state index contributed by atoms with van der Waals surface area (Å²) in [6.07, 6.45) is 3.48. The number of nitriles is 1. The Morgan fingerprint density at radius 1 is 1.42 bits per heavy atom. The number of anilines is 1. The van der Waals surface area contributed by atoms with Gasteiger partial charge in [-0.3, -0.25) is 0 Å². The van der Waals surface area contributed by atoms with E-state index >= 15 is 0 Å². The fourth-order valence-electron chi connectivity index (χ4n) is 1.86. The summed E-state index contributed by atoms with van der Waals surface area (Å²) in [5.74, 6) is 0.977. The zero-order valence-corrected chi connectivity index (χ0v) is 11.4. The van der Waals surface area contributed by atoms with E-state index in [0.29, 0.717) is 10.6 Å². The van der Waals surface area contributed by atoms with Crippen molar-refractivity contribution in [1.82, 2.24) is 0 Å². The summed E-state index contributed by atoms with van der Waals surface area (Å²) in [7, 11) is 0. The van der Waals surface area contributed by atoms with Crippen molar-refractivity contribution in [2.24, 2.45) is 0 Å². The molecule has 0 radical (unpaired) electrons. The Hall–Kier alpha value is -1.92. The van der Waals surface area contributed by atoms with Crippen LogP contribution in [0, 0.1) is 11.3 Å². The molecule has 0 saturated carbocycles. The number of rotatable bonds is 5. The summed E-state index contributed by atoms with van der Waals surface area (Å²) in [5, 5.41) is 12.8. The van der Waals surface area contributed by atoms with Crippen LogP contribution in [-0.4, -0.2) is 6.04 Å². The Bertz CT molecular complexity index is 572. The second-order valence-corrected chi connectivity index (χ2v) is 4.88. The molecule has 0 bridgehead atoms. The van der Waals surface area contributed by atoms with Crippen LogP contribution in [0.5, 0.6) is 0 Å². The Kier molecular flexibility index (Phi) is 4.48. The van der Waals surface area contributed by atoms with Gasteiger partial charge in [-0.15, -0.1) is 0 Å². The summed E-state index contributed by atoms with van der Waals surface area (Å²) >= 11 is 6.11. The first-order valence-electron chi connectivity index (χ1n) is 6.17. The van der Waals surface area contributed by atoms with Crippen molar-refractivity contribution in [3.05, 3.63) is 52.9 Å². The summed E-state index contributed by atoms with van der Waals surface area (Å²) in [5.41, 5.74) is 1.40. The lowest BCUT2D eigenvalue weighted by Gasteiger charge is -2.16. The van der Waals surface area contributed by atoms with Gasteiger partial charge in [0.1, 0.15) is 5.76 Å². The fraction of sp³-hybridized carbons (Fsp3) is 0.267. The summed E-state index contributed by atoms with van der Waals surface area (Å²) < 4.78 is 5.30. The number of benzene rings is 1. The van der Waals surface area contributed by atoms with E-state index in [4.69, 9.17) is 21.3 Å². The van der Waals surface area contributed by atoms with Crippen molar-refractivity contribution in [2.75, 3.05) is 5.32 Å². The standard InChI is InChI=1S/C15H15ClN2O/c1-11(4-6-13-3-2-8-19-13)18-15-9-12(10-17)5-7-14(15)16/h2-3,5,7-9,11,18H,4,6H2,1H3. The van der Waals surface area contributed by atoms with Gasteiger partial charge in [0.15, 0.2) is 0 Å². The van der Waals surface area contributed by atoms with Crippen LogP contribution in [0.15, 0.2) is 41.0 Å². The molecule has 1 N–H and O–H groups in total. The number of hydrogen-bond donors (Lipinski definition) is 1. The van der Waals surface area contributed by atoms with Crippen LogP contribution in [0.2, 0.25) is 5.02 Å². The number of nitrogens with one attached hydrogen (secondary N) is 1. The number of hydrogen-bond acceptors (Lipinski definition) is 3. The average molecular weight is 275 g/mol. The molecular weight excluding hydrogens is 260 g/mol. The third-order valence-electron chi connectivity index (χ3n) is 2.90. The van der Waals surface area contributed by atoms with Gasteiger partial charge in [-0.1, -0.05) is 11.6 Å². The second-order valence-electron chi connectivity index (χ2n) is 4.47. The van der Waals surface area contributed by atoms with Crippen LogP contribution in [-0.2, 0) is 6.42 Å². The smallest absolute Gasteiger partial charge is 0.103 e. The summed E-state index contributed by atoms with van der Waals surface area (Å²) in [6, 6.07) is 11.4. The largest absolute Gasteiger partial charge is 0.469 e. The molecule has 1 unspecified atom stereocenters. The van der Waals surface area contributed by atoms with Gasteiger partial charge in [-0.2, -0.15) is 5.26 Å². The Labute approximate surface area is 117 Å². The molecule has 3 nitrogen and oxygen atoms in total. The third-order valence-corrected chi connectivity index (χ3v) is 3.23. The van der Waals surface area contributed by atoms with Crippen molar-refractivity contribution in [3.63, 3.8) is 0 Å². The highest BCUT2D eigenvalue weighted by atomic mass is 35.5. The van der Waals surface area contributed by atoms with Gasteiger partial charge in [-0.05, 0) is 43.7 Å². The lowest BCUT2D eigenvalue weighted by atomic mass is 10.1. The van der Waals surface area contributed by atoms with Gasteiger partial charge < -0.3 is 9.73 Å². The molecule has 1 atom stereocenters. The number of halogens is 1. The predicted octanol–water partition coefficient (Wildman–Crippen LogP) is 4.24. The molecule has 0 aliphatic heterocycles. The molecule has 1 aromatic carbocycles. The molecule has 19 heavy (non-hydrogen) atoms. The molecule has 0 fully saturated rings. The molecule has 0 aliphatic carbocycles. The van der Waals surface area contributed by atoms with Crippen LogP contribution >= 0.6 is 11.6 Å². The van der Waals surface area contributed by atoms with Crippen molar-refractivity contribution in [3.8, 4) is 6.07 Å².